The fourth-order valence-corrected chi connectivity index (χ4v) is 2.91. The summed E-state index contributed by atoms with van der Waals surface area (Å²) in [7, 11) is 1.71. The minimum Gasteiger partial charge on any atom is -0.466 e. The van der Waals surface area contributed by atoms with Gasteiger partial charge in [-0.1, -0.05) is 0 Å². The molecule has 0 radical (unpaired) electrons. The molecule has 0 amide bonds. The molecule has 0 aromatic carbocycles. The molecule has 1 aromatic heterocycles. The monoisotopic (exact) mass is 314 g/mol. The Morgan fingerprint density at radius 3 is 3.14 bits per heavy atom. The number of thiazole rings is 1. The molecule has 118 valence electrons. The molecule has 0 aliphatic carbocycles. The zero-order valence-corrected chi connectivity index (χ0v) is 13.3. The Morgan fingerprint density at radius 1 is 1.62 bits per heavy atom. The molecule has 1 aromatic rings. The first-order chi connectivity index (χ1) is 10.2. The number of nitrogens with one attached hydrogen (secondary N) is 1. The van der Waals surface area contributed by atoms with E-state index < -0.39 is 0 Å². The summed E-state index contributed by atoms with van der Waals surface area (Å²) in [6.45, 7) is 4.25. The number of aromatic nitrogens is 1. The molecule has 1 atom stereocenters. The summed E-state index contributed by atoms with van der Waals surface area (Å²) in [4.78, 5) is 15.8. The van der Waals surface area contributed by atoms with Crippen LogP contribution in [0.5, 0.6) is 0 Å². The molecule has 21 heavy (non-hydrogen) atoms. The van der Waals surface area contributed by atoms with Gasteiger partial charge in [-0.3, -0.25) is 4.79 Å². The second-order valence-electron chi connectivity index (χ2n) is 4.99. The molecule has 1 aliphatic rings. The van der Waals surface area contributed by atoms with E-state index in [0.717, 1.165) is 23.9 Å². The maximum atomic E-state index is 11.3. The van der Waals surface area contributed by atoms with Crippen LogP contribution in [0.25, 0.3) is 0 Å². The number of nitrogens with zero attached hydrogens (tertiary/aromatic N) is 1. The van der Waals surface area contributed by atoms with Crippen LogP contribution in [0.15, 0.2) is 5.38 Å². The molecule has 1 unspecified atom stereocenters. The Bertz CT molecular complexity index is 458. The molecule has 1 aliphatic heterocycles. The van der Waals surface area contributed by atoms with Crippen LogP contribution in [0, 0.1) is 0 Å². The van der Waals surface area contributed by atoms with Crippen LogP contribution in [0.3, 0.4) is 0 Å². The lowest BCUT2D eigenvalue weighted by Gasteiger charge is -2.25. The predicted molar refractivity (Wildman–Crippen MR) is 80.7 cm³/mol. The molecule has 0 bridgehead atoms. The van der Waals surface area contributed by atoms with Gasteiger partial charge in [-0.25, -0.2) is 4.98 Å². The minimum atomic E-state index is -0.253. The van der Waals surface area contributed by atoms with Crippen LogP contribution in [0.1, 0.15) is 25.5 Å². The average Bonchev–Trinajstić information content (AvgIpc) is 3.13. The Hall–Kier alpha value is -1.18. The molecule has 1 fully saturated rings. The third-order valence-electron chi connectivity index (χ3n) is 3.50. The van der Waals surface area contributed by atoms with Gasteiger partial charge in [-0.15, -0.1) is 11.3 Å². The molecular formula is C14H22N2O4S. The lowest BCUT2D eigenvalue weighted by molar-refractivity contribution is -0.143. The summed E-state index contributed by atoms with van der Waals surface area (Å²) >= 11 is 1.54. The quantitative estimate of drug-likeness (QED) is 0.739. The highest BCUT2D eigenvalue weighted by molar-refractivity contribution is 7.13. The van der Waals surface area contributed by atoms with Gasteiger partial charge in [0.25, 0.3) is 0 Å². The van der Waals surface area contributed by atoms with Crippen molar-refractivity contribution in [1.29, 1.82) is 0 Å². The van der Waals surface area contributed by atoms with Crippen molar-refractivity contribution in [3.05, 3.63) is 11.1 Å². The van der Waals surface area contributed by atoms with Crippen LogP contribution in [0.2, 0.25) is 0 Å². The predicted octanol–water partition coefficient (Wildman–Crippen LogP) is 1.86. The summed E-state index contributed by atoms with van der Waals surface area (Å²) in [5.74, 6) is -0.179. The Kier molecular flexibility index (Phi) is 5.96. The van der Waals surface area contributed by atoms with E-state index in [-0.39, 0.29) is 11.6 Å². The van der Waals surface area contributed by atoms with Crippen LogP contribution in [-0.4, -0.2) is 50.0 Å². The number of carbonyl (C=O) groups is 1. The second-order valence-corrected chi connectivity index (χ2v) is 5.85. The molecule has 1 N–H and O–H groups in total. The standard InChI is InChI=1S/C14H22N2O4S/c1-3-20-12(17)5-4-11-8-21-13(16-11)15-9-14(18-2)6-7-19-10-14/h8H,3-7,9-10H2,1-2H3,(H,15,16). The number of anilines is 1. The first-order valence-electron chi connectivity index (χ1n) is 7.14. The Labute approximate surface area is 128 Å². The van der Waals surface area contributed by atoms with Crippen molar-refractivity contribution in [2.24, 2.45) is 0 Å². The van der Waals surface area contributed by atoms with Crippen molar-refractivity contribution in [3.8, 4) is 0 Å². The second kappa shape index (κ2) is 7.72. The maximum absolute atomic E-state index is 11.3. The first-order valence-corrected chi connectivity index (χ1v) is 8.02. The van der Waals surface area contributed by atoms with Gasteiger partial charge in [0.05, 0.1) is 25.3 Å². The van der Waals surface area contributed by atoms with Gasteiger partial charge in [0.1, 0.15) is 5.60 Å². The van der Waals surface area contributed by atoms with Crippen LogP contribution in [0.4, 0.5) is 5.13 Å². The van der Waals surface area contributed by atoms with E-state index in [1.807, 2.05) is 5.38 Å². The minimum absolute atomic E-state index is 0.179. The normalized spacial score (nSPS) is 21.4. The average molecular weight is 314 g/mol. The fourth-order valence-electron chi connectivity index (χ4n) is 2.16. The van der Waals surface area contributed by atoms with Gasteiger partial charge >= 0.3 is 5.97 Å². The number of rotatable bonds is 8. The molecule has 7 heteroatoms. The van der Waals surface area contributed by atoms with Crippen LogP contribution < -0.4 is 5.32 Å². The summed E-state index contributed by atoms with van der Waals surface area (Å²) in [6.07, 6.45) is 1.86. The topological polar surface area (TPSA) is 69.7 Å². The summed E-state index contributed by atoms with van der Waals surface area (Å²) in [5.41, 5.74) is 0.654. The van der Waals surface area contributed by atoms with Gasteiger partial charge in [-0.05, 0) is 6.92 Å². The number of ether oxygens (including phenoxy) is 3. The molecular weight excluding hydrogens is 292 g/mol. The third kappa shape index (κ3) is 4.66. The molecule has 2 rings (SSSR count). The van der Waals surface area contributed by atoms with Crippen molar-refractivity contribution in [1.82, 2.24) is 4.98 Å². The smallest absolute Gasteiger partial charge is 0.306 e. The van der Waals surface area contributed by atoms with Gasteiger partial charge < -0.3 is 19.5 Å². The van der Waals surface area contributed by atoms with Gasteiger partial charge in [-0.2, -0.15) is 0 Å². The number of hydrogen-bond donors (Lipinski definition) is 1. The Balaban J connectivity index is 1.79. The molecule has 0 spiro atoms. The largest absolute Gasteiger partial charge is 0.466 e. The van der Waals surface area contributed by atoms with Gasteiger partial charge in [0.2, 0.25) is 0 Å². The SMILES string of the molecule is CCOC(=O)CCc1csc(NCC2(OC)CCOC2)n1. The first kappa shape index (κ1) is 16.2. The molecule has 2 heterocycles. The lowest BCUT2D eigenvalue weighted by Crippen LogP contribution is -2.39. The molecule has 6 nitrogen and oxygen atoms in total. The van der Waals surface area contributed by atoms with Crippen molar-refractivity contribution in [2.45, 2.75) is 31.8 Å². The van der Waals surface area contributed by atoms with Crippen LogP contribution in [-0.2, 0) is 25.4 Å². The van der Waals surface area contributed by atoms with Gasteiger partial charge in [0, 0.05) is 38.5 Å². The van der Waals surface area contributed by atoms with E-state index in [9.17, 15) is 4.79 Å². The fraction of sp³-hybridized carbons (Fsp3) is 0.714. The van der Waals surface area contributed by atoms with E-state index in [1.165, 1.54) is 11.3 Å². The zero-order chi connectivity index (χ0) is 15.1. The lowest BCUT2D eigenvalue weighted by atomic mass is 10.0. The molecule has 1 saturated heterocycles. The van der Waals surface area contributed by atoms with E-state index in [2.05, 4.69) is 10.3 Å². The highest BCUT2D eigenvalue weighted by atomic mass is 32.1. The van der Waals surface area contributed by atoms with Crippen molar-refractivity contribution in [3.63, 3.8) is 0 Å². The number of methoxy groups -OCH3 is 1. The summed E-state index contributed by atoms with van der Waals surface area (Å²) in [5, 5.41) is 6.11. The van der Waals surface area contributed by atoms with Crippen LogP contribution >= 0.6 is 11.3 Å². The number of carbonyl (C=O) groups excluding carboxylic acids is 1. The third-order valence-corrected chi connectivity index (χ3v) is 4.35. The summed E-state index contributed by atoms with van der Waals surface area (Å²) in [6, 6.07) is 0. The highest BCUT2D eigenvalue weighted by Gasteiger charge is 2.34. The maximum Gasteiger partial charge on any atom is 0.306 e. The van der Waals surface area contributed by atoms with E-state index in [0.29, 0.717) is 32.6 Å². The Morgan fingerprint density at radius 2 is 2.48 bits per heavy atom. The zero-order valence-electron chi connectivity index (χ0n) is 12.5. The van der Waals surface area contributed by atoms with E-state index >= 15 is 0 Å². The number of aryl methyl sites for hydroxylation is 1. The van der Waals surface area contributed by atoms with E-state index in [1.54, 1.807) is 14.0 Å². The number of esters is 1. The van der Waals surface area contributed by atoms with Crippen molar-refractivity contribution in [2.75, 3.05) is 38.8 Å². The summed E-state index contributed by atoms with van der Waals surface area (Å²) < 4.78 is 15.9. The van der Waals surface area contributed by atoms with Crippen molar-refractivity contribution >= 4 is 22.4 Å². The van der Waals surface area contributed by atoms with Gasteiger partial charge in [0.15, 0.2) is 5.13 Å². The molecule has 0 saturated carbocycles. The van der Waals surface area contributed by atoms with Crippen molar-refractivity contribution < 1.29 is 19.0 Å². The highest BCUT2D eigenvalue weighted by Crippen LogP contribution is 2.24. The number of hydrogen-bond acceptors (Lipinski definition) is 7. The van der Waals surface area contributed by atoms with E-state index in [4.69, 9.17) is 14.2 Å².